The van der Waals surface area contributed by atoms with E-state index in [1.807, 2.05) is 0 Å². The largest absolute Gasteiger partial charge is 0.398 e. The van der Waals surface area contributed by atoms with Gasteiger partial charge >= 0.3 is 0 Å². The van der Waals surface area contributed by atoms with E-state index in [1.165, 1.54) is 0 Å². The van der Waals surface area contributed by atoms with E-state index in [0.29, 0.717) is 28.9 Å². The smallest absolute Gasteiger partial charge is 0.251 e. The molecule has 3 N–H and O–H groups in total. The van der Waals surface area contributed by atoms with Crippen LogP contribution < -0.4 is 11.1 Å². The summed E-state index contributed by atoms with van der Waals surface area (Å²) in [5, 5.41) is 3.34. The van der Waals surface area contributed by atoms with Crippen molar-refractivity contribution in [2.45, 2.75) is 26.3 Å². The highest BCUT2D eigenvalue weighted by molar-refractivity contribution is 6.33. The normalized spacial score (nSPS) is 12.5. The fourth-order valence-electron chi connectivity index (χ4n) is 1.66. The highest BCUT2D eigenvalue weighted by Crippen LogP contribution is 2.19. The van der Waals surface area contributed by atoms with Gasteiger partial charge in [0.25, 0.3) is 5.91 Å². The molecule has 0 aliphatic heterocycles. The van der Waals surface area contributed by atoms with Crippen LogP contribution in [-0.4, -0.2) is 37.0 Å². The molecule has 1 aromatic carbocycles. The van der Waals surface area contributed by atoms with Gasteiger partial charge in [-0.2, -0.15) is 0 Å². The van der Waals surface area contributed by atoms with Gasteiger partial charge in [0.1, 0.15) is 0 Å². The zero-order chi connectivity index (χ0) is 14.4. The van der Waals surface area contributed by atoms with Crippen LogP contribution in [0.25, 0.3) is 0 Å². The average Bonchev–Trinajstić information content (AvgIpc) is 2.40. The molecule has 1 atom stereocenters. The first-order valence-corrected chi connectivity index (χ1v) is 6.87. The Kier molecular flexibility index (Phi) is 6.12. The van der Waals surface area contributed by atoms with Crippen molar-refractivity contribution < 1.29 is 4.79 Å². The maximum Gasteiger partial charge on any atom is 0.251 e. The molecule has 0 spiro atoms. The standard InChI is InChI=1S/C14H22ClN3O/c1-4-10(2)18(3)8-7-17-14(19)11-5-6-12(15)13(16)9-11/h5-6,9-10H,4,7-8,16H2,1-3H3,(H,17,19). The van der Waals surface area contributed by atoms with Gasteiger partial charge in [-0.15, -0.1) is 0 Å². The van der Waals surface area contributed by atoms with Crippen molar-refractivity contribution in [3.05, 3.63) is 28.8 Å². The number of nitrogens with zero attached hydrogens (tertiary/aromatic N) is 1. The minimum atomic E-state index is -0.124. The summed E-state index contributed by atoms with van der Waals surface area (Å²) in [6, 6.07) is 5.42. The van der Waals surface area contributed by atoms with E-state index in [9.17, 15) is 4.79 Å². The molecule has 0 radical (unpaired) electrons. The molecule has 0 heterocycles. The first-order chi connectivity index (χ1) is 8.95. The number of carbonyl (C=O) groups excluding carboxylic acids is 1. The molecule has 1 unspecified atom stereocenters. The molecule has 0 aliphatic carbocycles. The molecule has 0 saturated carbocycles. The second kappa shape index (κ2) is 7.36. The number of amides is 1. The van der Waals surface area contributed by atoms with Crippen LogP contribution in [0.15, 0.2) is 18.2 Å². The van der Waals surface area contributed by atoms with Crippen molar-refractivity contribution in [2.24, 2.45) is 0 Å². The van der Waals surface area contributed by atoms with E-state index in [2.05, 4.69) is 31.1 Å². The van der Waals surface area contributed by atoms with Crippen LogP contribution in [0.3, 0.4) is 0 Å². The van der Waals surface area contributed by atoms with Gasteiger partial charge in [0.05, 0.1) is 10.7 Å². The van der Waals surface area contributed by atoms with Gasteiger partial charge in [-0.05, 0) is 38.6 Å². The van der Waals surface area contributed by atoms with E-state index in [-0.39, 0.29) is 5.91 Å². The Morgan fingerprint density at radius 3 is 2.79 bits per heavy atom. The van der Waals surface area contributed by atoms with Gasteiger partial charge in [-0.25, -0.2) is 0 Å². The number of halogens is 1. The summed E-state index contributed by atoms with van der Waals surface area (Å²) in [5.74, 6) is -0.124. The quantitative estimate of drug-likeness (QED) is 0.788. The summed E-state index contributed by atoms with van der Waals surface area (Å²) in [6.45, 7) is 5.75. The van der Waals surface area contributed by atoms with Crippen molar-refractivity contribution in [2.75, 3.05) is 25.9 Å². The number of benzene rings is 1. The van der Waals surface area contributed by atoms with Crippen molar-refractivity contribution >= 4 is 23.2 Å². The number of carbonyl (C=O) groups is 1. The first-order valence-electron chi connectivity index (χ1n) is 6.49. The third kappa shape index (κ3) is 4.73. The number of likely N-dealkylation sites (N-methyl/N-ethyl adjacent to an activating group) is 1. The molecule has 0 bridgehead atoms. The molecular weight excluding hydrogens is 262 g/mol. The van der Waals surface area contributed by atoms with Gasteiger partial charge in [-0.3, -0.25) is 4.79 Å². The third-order valence-electron chi connectivity index (χ3n) is 3.35. The summed E-state index contributed by atoms with van der Waals surface area (Å²) in [4.78, 5) is 14.1. The van der Waals surface area contributed by atoms with Crippen LogP contribution in [-0.2, 0) is 0 Å². The van der Waals surface area contributed by atoms with Crippen LogP contribution in [0.2, 0.25) is 5.02 Å². The summed E-state index contributed by atoms with van der Waals surface area (Å²) >= 11 is 5.82. The third-order valence-corrected chi connectivity index (χ3v) is 3.70. The Bertz CT molecular complexity index is 437. The van der Waals surface area contributed by atoms with E-state index in [1.54, 1.807) is 18.2 Å². The number of hydrogen-bond acceptors (Lipinski definition) is 3. The fourth-order valence-corrected chi connectivity index (χ4v) is 1.78. The number of nitrogens with two attached hydrogens (primary N) is 1. The van der Waals surface area contributed by atoms with Crippen molar-refractivity contribution in [3.8, 4) is 0 Å². The molecule has 0 saturated heterocycles. The molecular formula is C14H22ClN3O. The zero-order valence-electron chi connectivity index (χ0n) is 11.7. The Morgan fingerprint density at radius 2 is 2.21 bits per heavy atom. The molecule has 106 valence electrons. The van der Waals surface area contributed by atoms with Crippen LogP contribution >= 0.6 is 11.6 Å². The van der Waals surface area contributed by atoms with Crippen LogP contribution in [0.5, 0.6) is 0 Å². The summed E-state index contributed by atoms with van der Waals surface area (Å²) in [5.41, 5.74) is 6.63. The highest BCUT2D eigenvalue weighted by Gasteiger charge is 2.09. The van der Waals surface area contributed by atoms with E-state index in [0.717, 1.165) is 13.0 Å². The van der Waals surface area contributed by atoms with Crippen molar-refractivity contribution in [3.63, 3.8) is 0 Å². The molecule has 1 rings (SSSR count). The van der Waals surface area contributed by atoms with Crippen LogP contribution in [0.1, 0.15) is 30.6 Å². The lowest BCUT2D eigenvalue weighted by Gasteiger charge is -2.23. The molecule has 1 amide bonds. The Morgan fingerprint density at radius 1 is 1.53 bits per heavy atom. The lowest BCUT2D eigenvalue weighted by molar-refractivity contribution is 0.0947. The zero-order valence-corrected chi connectivity index (χ0v) is 12.5. The lowest BCUT2D eigenvalue weighted by atomic mass is 10.2. The molecule has 19 heavy (non-hydrogen) atoms. The predicted molar refractivity (Wildman–Crippen MR) is 80.6 cm³/mol. The second-order valence-corrected chi connectivity index (χ2v) is 5.14. The number of rotatable bonds is 6. The van der Waals surface area contributed by atoms with Crippen molar-refractivity contribution in [1.29, 1.82) is 0 Å². The molecule has 4 nitrogen and oxygen atoms in total. The van der Waals surface area contributed by atoms with Gasteiger partial charge in [0, 0.05) is 24.7 Å². The van der Waals surface area contributed by atoms with E-state index < -0.39 is 0 Å². The minimum Gasteiger partial charge on any atom is -0.398 e. The minimum absolute atomic E-state index is 0.124. The lowest BCUT2D eigenvalue weighted by Crippen LogP contribution is -2.37. The molecule has 5 heteroatoms. The van der Waals surface area contributed by atoms with Gasteiger partial charge in [0.2, 0.25) is 0 Å². The van der Waals surface area contributed by atoms with Gasteiger partial charge in [-0.1, -0.05) is 18.5 Å². The monoisotopic (exact) mass is 283 g/mol. The molecule has 0 fully saturated rings. The summed E-state index contributed by atoms with van der Waals surface area (Å²) < 4.78 is 0. The van der Waals surface area contributed by atoms with Crippen molar-refractivity contribution in [1.82, 2.24) is 10.2 Å². The SMILES string of the molecule is CCC(C)N(C)CCNC(=O)c1ccc(Cl)c(N)c1. The average molecular weight is 284 g/mol. The molecule has 0 aliphatic rings. The first kappa shape index (κ1) is 15.8. The Hall–Kier alpha value is -1.26. The Balaban J connectivity index is 2.45. The maximum absolute atomic E-state index is 11.9. The van der Waals surface area contributed by atoms with E-state index in [4.69, 9.17) is 17.3 Å². The van der Waals surface area contributed by atoms with Gasteiger partial charge < -0.3 is 16.0 Å². The second-order valence-electron chi connectivity index (χ2n) is 4.73. The van der Waals surface area contributed by atoms with Crippen LogP contribution in [0, 0.1) is 0 Å². The Labute approximate surface area is 119 Å². The fraction of sp³-hybridized carbons (Fsp3) is 0.500. The highest BCUT2D eigenvalue weighted by atomic mass is 35.5. The topological polar surface area (TPSA) is 58.4 Å². The summed E-state index contributed by atoms with van der Waals surface area (Å²) in [7, 11) is 2.06. The number of hydrogen-bond donors (Lipinski definition) is 2. The van der Waals surface area contributed by atoms with Crippen LogP contribution in [0.4, 0.5) is 5.69 Å². The predicted octanol–water partition coefficient (Wildman–Crippen LogP) is 2.38. The summed E-state index contributed by atoms with van der Waals surface area (Å²) in [6.07, 6.45) is 1.10. The van der Waals surface area contributed by atoms with Gasteiger partial charge in [0.15, 0.2) is 0 Å². The molecule has 0 aromatic heterocycles. The maximum atomic E-state index is 11.9. The molecule has 1 aromatic rings. The number of anilines is 1. The number of nitrogens with one attached hydrogen (secondary N) is 1. The van der Waals surface area contributed by atoms with E-state index >= 15 is 0 Å². The number of nitrogen functional groups attached to an aromatic ring is 1.